The Morgan fingerprint density at radius 2 is 0.682 bits per heavy atom. The predicted octanol–water partition coefficient (Wildman–Crippen LogP) is 17.3. The number of carbonyl (C=O) groups excluding carboxylic acids is 4. The van der Waals surface area contributed by atoms with E-state index >= 15 is 0 Å². The maximum Gasteiger partial charge on any atom is 0.340 e. The van der Waals surface area contributed by atoms with E-state index in [0.717, 1.165) is 137 Å². The minimum absolute atomic E-state index is 0. The molecule has 21 heterocycles. The third-order valence-electron chi connectivity index (χ3n) is 21.5. The quantitative estimate of drug-likeness (QED) is 0.0451. The number of fused-ring (bicyclic) bond motifs is 18. The summed E-state index contributed by atoms with van der Waals surface area (Å²) in [6.45, 7) is 36.0. The molecule has 32 nitrogen and oxygen atoms in total. The topological polar surface area (TPSA) is 372 Å². The molecule has 0 spiro atoms. The molecule has 21 aromatic rings. The zero-order valence-corrected chi connectivity index (χ0v) is 80.4. The van der Waals surface area contributed by atoms with Crippen LogP contribution in [0.3, 0.4) is 0 Å². The number of aliphatic hydroxyl groups excluding tert-OH is 1. The number of rotatable bonds is 9. The second-order valence-electron chi connectivity index (χ2n) is 30.0. The lowest BCUT2D eigenvalue weighted by Gasteiger charge is -2.02. The molecule has 0 aromatic carbocycles. The number of aldehydes is 1. The van der Waals surface area contributed by atoms with Gasteiger partial charge in [0.05, 0.1) is 107 Å². The summed E-state index contributed by atoms with van der Waals surface area (Å²) < 4.78 is 35.2. The summed E-state index contributed by atoms with van der Waals surface area (Å²) in [5, 5.41) is 50.0. The average molecular weight is 1900 g/mol. The first-order chi connectivity index (χ1) is 61.0. The van der Waals surface area contributed by atoms with Gasteiger partial charge in [0.2, 0.25) is 0 Å². The molecule has 4 N–H and O–H groups in total. The fourth-order valence-electron chi connectivity index (χ4n) is 15.5. The van der Waals surface area contributed by atoms with Gasteiger partial charge in [0.1, 0.15) is 38.6 Å². The molecule has 21 rings (SSSR count). The van der Waals surface area contributed by atoms with Crippen LogP contribution in [0.1, 0.15) is 160 Å². The molecule has 0 saturated carbocycles. The van der Waals surface area contributed by atoms with Gasteiger partial charge in [-0.2, -0.15) is 25.5 Å². The van der Waals surface area contributed by atoms with E-state index in [2.05, 4.69) is 130 Å². The summed E-state index contributed by atoms with van der Waals surface area (Å²) >= 11 is 13.0. The summed E-state index contributed by atoms with van der Waals surface area (Å²) in [5.41, 5.74) is 9.56. The van der Waals surface area contributed by atoms with Gasteiger partial charge in [-0.05, 0) is 131 Å². The lowest BCUT2D eigenvalue weighted by molar-refractivity contribution is 0.0515. The SMILES string of the molecule is C.CCOC(=O)c1c(C=N)c2sc(C)cn2c1C.CCOC(=O)c1c(C=O)c2sc(CO)cn2c1C.CCOC(=O)c1cc2sc(C)cn2c1C.Cc1cn2c(C)c3c(=O)[nH]ncc3c2s1.Cc1cn2c(C)c3c(=O)[nH]ncc3c2s1.Cc1cn2c(C)c3c(=O)n(C)ncc3c2s1.Cc1cn2c(C)c3c(=O)n(C)ncc3c2s1.Cc1cn2c(C)c3c(=O)n(C)ncc3c2s1. The van der Waals surface area contributed by atoms with Gasteiger partial charge in [-0.25, -0.2) is 38.6 Å². The number of ether oxygens (including phenoxy) is 3. The number of hydrogen-bond donors (Lipinski definition) is 4. The zero-order chi connectivity index (χ0) is 92.4. The van der Waals surface area contributed by atoms with Crippen LogP contribution in [-0.4, -0.2) is 140 Å². The summed E-state index contributed by atoms with van der Waals surface area (Å²) in [7, 11) is 5.04. The lowest BCUT2D eigenvalue weighted by Crippen LogP contribution is -2.18. The maximum atomic E-state index is 12.0. The molecule has 40 heteroatoms. The smallest absolute Gasteiger partial charge is 0.340 e. The van der Waals surface area contributed by atoms with Gasteiger partial charge in [-0.1, -0.05) is 7.43 Å². The number of aromatic nitrogens is 18. The number of aliphatic hydroxyl groups is 1. The normalized spacial score (nSPS) is 11.2. The van der Waals surface area contributed by atoms with E-state index in [1.807, 2.05) is 89.6 Å². The average Bonchev–Trinajstić information content (AvgIpc) is 1.59. The van der Waals surface area contributed by atoms with Crippen molar-refractivity contribution >= 4 is 214 Å². The van der Waals surface area contributed by atoms with E-state index < -0.39 is 5.97 Å². The van der Waals surface area contributed by atoms with Crippen LogP contribution in [0.4, 0.5) is 0 Å². The number of nitrogens with zero attached hydrogens (tertiary/aromatic N) is 16. The highest BCUT2D eigenvalue weighted by atomic mass is 32.1. The van der Waals surface area contributed by atoms with Crippen molar-refractivity contribution in [2.24, 2.45) is 21.1 Å². The number of hydrogen-bond acceptors (Lipinski definition) is 27. The summed E-state index contributed by atoms with van der Waals surface area (Å²) in [6, 6.07) is 1.89. The van der Waals surface area contributed by atoms with Crippen LogP contribution in [0.5, 0.6) is 0 Å². The van der Waals surface area contributed by atoms with Crippen molar-refractivity contribution in [2.45, 2.75) is 139 Å². The van der Waals surface area contributed by atoms with Crippen molar-refractivity contribution in [3.63, 3.8) is 0 Å². The molecule has 672 valence electrons. The molecule has 0 fully saturated rings. The first kappa shape index (κ1) is 94.0. The zero-order valence-electron chi connectivity index (χ0n) is 73.8. The van der Waals surface area contributed by atoms with Gasteiger partial charge < -0.3 is 59.9 Å². The first-order valence-corrected chi connectivity index (χ1v) is 46.6. The number of carbonyl (C=O) groups is 4. The molecule has 0 amide bonds. The van der Waals surface area contributed by atoms with Crippen molar-refractivity contribution in [1.82, 2.24) is 84.9 Å². The molecule has 0 bridgehead atoms. The fourth-order valence-corrected chi connectivity index (χ4v) is 23.6. The Bertz CT molecular complexity index is 7880. The monoisotopic (exact) mass is 1890 g/mol. The predicted molar refractivity (Wildman–Crippen MR) is 521 cm³/mol. The number of aromatic amines is 2. The molecular weight excluding hydrogens is 1800 g/mol. The van der Waals surface area contributed by atoms with Crippen LogP contribution in [0.2, 0.25) is 0 Å². The first-order valence-electron chi connectivity index (χ1n) is 40.1. The van der Waals surface area contributed by atoms with Crippen LogP contribution in [-0.2, 0) is 42.0 Å². The Morgan fingerprint density at radius 3 is 1.02 bits per heavy atom. The maximum absolute atomic E-state index is 12.0. The number of aryl methyl sites for hydroxylation is 18. The highest BCUT2D eigenvalue weighted by molar-refractivity contribution is 7.20. The fraction of sp³-hybridized carbons (Fsp3) is 0.292. The van der Waals surface area contributed by atoms with E-state index in [-0.39, 0.29) is 60.4 Å². The van der Waals surface area contributed by atoms with Crippen LogP contribution in [0, 0.1) is 109 Å². The van der Waals surface area contributed by atoms with Crippen molar-refractivity contribution in [2.75, 3.05) is 19.8 Å². The van der Waals surface area contributed by atoms with Crippen molar-refractivity contribution < 1.29 is 38.5 Å². The second kappa shape index (κ2) is 37.9. The Hall–Kier alpha value is -12.7. The van der Waals surface area contributed by atoms with Gasteiger partial charge in [0.15, 0.2) is 6.29 Å². The molecule has 0 aliphatic rings. The number of nitrogens with one attached hydrogen (secondary N) is 3. The van der Waals surface area contributed by atoms with E-state index in [9.17, 15) is 43.2 Å². The van der Waals surface area contributed by atoms with Crippen molar-refractivity contribution in [1.29, 1.82) is 5.41 Å². The van der Waals surface area contributed by atoms with Crippen LogP contribution in [0.25, 0.3) is 92.5 Å². The Labute approximate surface area is 767 Å². The minimum Gasteiger partial charge on any atom is -0.462 e. The van der Waals surface area contributed by atoms with Gasteiger partial charge >= 0.3 is 17.9 Å². The summed E-state index contributed by atoms with van der Waals surface area (Å²) in [6.07, 6.45) is 26.7. The largest absolute Gasteiger partial charge is 0.462 e. The molecule has 129 heavy (non-hydrogen) atoms. The summed E-state index contributed by atoms with van der Waals surface area (Å²) in [5.74, 6) is -1.07. The van der Waals surface area contributed by atoms with Crippen molar-refractivity contribution in [3.8, 4) is 0 Å². The molecule has 0 aliphatic carbocycles. The highest BCUT2D eigenvalue weighted by Crippen LogP contribution is 2.37. The highest BCUT2D eigenvalue weighted by Gasteiger charge is 2.27. The summed E-state index contributed by atoms with van der Waals surface area (Å²) in [4.78, 5) is 123. The molecule has 0 saturated heterocycles. The Morgan fingerprint density at radius 1 is 0.388 bits per heavy atom. The van der Waals surface area contributed by atoms with Crippen molar-refractivity contribution in [3.05, 3.63) is 251 Å². The molecule has 0 atom stereocenters. The molecule has 0 unspecified atom stereocenters. The van der Waals surface area contributed by atoms with Crippen LogP contribution in [0.15, 0.2) is 111 Å². The number of thiazole rings is 8. The molecule has 21 aromatic heterocycles. The van der Waals surface area contributed by atoms with Gasteiger partial charge in [-0.15, -0.1) is 90.7 Å². The van der Waals surface area contributed by atoms with Crippen LogP contribution < -0.4 is 27.8 Å². The van der Waals surface area contributed by atoms with Crippen LogP contribution >= 0.6 is 90.7 Å². The Balaban J connectivity index is 0.000000126. The van der Waals surface area contributed by atoms with E-state index in [1.165, 1.54) is 60.9 Å². The van der Waals surface area contributed by atoms with Gasteiger partial charge in [-0.3, -0.25) is 28.8 Å². The molecule has 0 aliphatic heterocycles. The van der Waals surface area contributed by atoms with E-state index in [0.29, 0.717) is 57.8 Å². The van der Waals surface area contributed by atoms with E-state index in [4.69, 9.17) is 24.7 Å². The molecule has 0 radical (unpaired) electrons. The number of esters is 3. The number of H-pyrrole nitrogens is 2. The lowest BCUT2D eigenvalue weighted by atomic mass is 10.1. The van der Waals surface area contributed by atoms with Gasteiger partial charge in [0.25, 0.3) is 27.8 Å². The van der Waals surface area contributed by atoms with E-state index in [1.54, 1.807) is 163 Å². The van der Waals surface area contributed by atoms with Gasteiger partial charge in [0, 0.05) is 194 Å². The minimum atomic E-state index is -0.487. The standard InChI is InChI=1S/C12H14N2O2S.C12H13NO4S.3C11H11N3OS.C11H13NO2S.2C10H9N3OS.CH4/c1-4-16-12(15)10-8(3)14-6-7(2)17-11(14)9(10)5-13;1-3-17-12(16)10-7(2)13-4-8(5-14)18-11(13)9(10)6-15;3*1-6-5-14-7(2)9-8(11(14)16-6)4-12-13(3)10(9)15;1-4-14-11(13)9-5-10-12(8(9)3)6-7(2)15-10;2*1-5-4-13-6(2)8-7(10(13)15-5)3-11-12-9(8)14;/h5-6,13H,4H2,1-3H3;4,6,14H,3,5H2,1-2H3;3*4-5H,1-3H3;5-6H,4H2,1-3H3;2*3-4H,1-2H3,(H,12,14);1H4. The second-order valence-corrected chi connectivity index (χ2v) is 39.8. The third kappa shape index (κ3) is 17.2. The molecular formula is C89H95N19O13S8. The third-order valence-corrected chi connectivity index (χ3v) is 29.8. The Kier molecular flexibility index (Phi) is 27.6.